The van der Waals surface area contributed by atoms with Crippen molar-refractivity contribution in [3.05, 3.63) is 50.0 Å². The first-order valence-electron chi connectivity index (χ1n) is 6.11. The first-order chi connectivity index (χ1) is 9.17. The summed E-state index contributed by atoms with van der Waals surface area (Å²) in [6.45, 7) is 2.16. The maximum atomic E-state index is 4.68. The van der Waals surface area contributed by atoms with Gasteiger partial charge in [0.2, 0.25) is 0 Å². The van der Waals surface area contributed by atoms with E-state index in [-0.39, 0.29) is 0 Å². The Bertz CT molecular complexity index is 749. The lowest BCUT2D eigenvalue weighted by Crippen LogP contribution is -1.85. The average Bonchev–Trinajstić information content (AvgIpc) is 2.83. The first-order valence-corrected chi connectivity index (χ1v) is 7.98. The van der Waals surface area contributed by atoms with Crippen molar-refractivity contribution in [2.24, 2.45) is 0 Å². The van der Waals surface area contributed by atoms with Gasteiger partial charge in [0.05, 0.1) is 11.0 Å². The number of aromatic nitrogens is 2. The highest BCUT2D eigenvalue weighted by Gasteiger charge is 2.09. The van der Waals surface area contributed by atoms with Crippen molar-refractivity contribution in [1.82, 2.24) is 9.97 Å². The minimum Gasteiger partial charge on any atom is -0.338 e. The number of fused-ring (bicyclic) bond motifs is 1. The average molecular weight is 427 g/mol. The van der Waals surface area contributed by atoms with E-state index < -0.39 is 0 Å². The van der Waals surface area contributed by atoms with Crippen LogP contribution in [0.1, 0.15) is 12.5 Å². The normalized spacial score (nSPS) is 11.1. The van der Waals surface area contributed by atoms with Gasteiger partial charge in [-0.1, -0.05) is 28.9 Å². The van der Waals surface area contributed by atoms with Crippen LogP contribution >= 0.6 is 38.5 Å². The van der Waals surface area contributed by atoms with Gasteiger partial charge in [0.1, 0.15) is 5.82 Å². The van der Waals surface area contributed by atoms with Gasteiger partial charge < -0.3 is 4.98 Å². The zero-order chi connectivity index (χ0) is 13.4. The van der Waals surface area contributed by atoms with Crippen molar-refractivity contribution < 1.29 is 0 Å². The summed E-state index contributed by atoms with van der Waals surface area (Å²) >= 11 is 5.85. The molecule has 4 heteroatoms. The molecule has 0 atom stereocenters. The Hall–Kier alpha value is -0.880. The zero-order valence-corrected chi connectivity index (χ0v) is 14.1. The summed E-state index contributed by atoms with van der Waals surface area (Å²) in [6.07, 6.45) is 1.04. The molecule has 3 aromatic rings. The van der Waals surface area contributed by atoms with Gasteiger partial charge in [-0.25, -0.2) is 4.98 Å². The SMILES string of the molecule is CCc1ccc2nc(-c3cc(Br)ccc3I)[nH]c2c1. The van der Waals surface area contributed by atoms with Crippen LogP contribution in [-0.4, -0.2) is 9.97 Å². The molecule has 0 saturated carbocycles. The molecule has 0 fully saturated rings. The number of rotatable bonds is 2. The minimum absolute atomic E-state index is 0.925. The molecule has 1 heterocycles. The van der Waals surface area contributed by atoms with Gasteiger partial charge >= 0.3 is 0 Å². The van der Waals surface area contributed by atoms with E-state index in [0.29, 0.717) is 0 Å². The topological polar surface area (TPSA) is 28.7 Å². The number of nitrogens with zero attached hydrogens (tertiary/aromatic N) is 1. The molecule has 0 amide bonds. The molecule has 96 valence electrons. The molecule has 0 saturated heterocycles. The van der Waals surface area contributed by atoms with Crippen LogP contribution in [0.5, 0.6) is 0 Å². The maximum absolute atomic E-state index is 4.68. The number of benzene rings is 2. The minimum atomic E-state index is 0.925. The lowest BCUT2D eigenvalue weighted by Gasteiger charge is -2.01. The van der Waals surface area contributed by atoms with Crippen molar-refractivity contribution in [3.63, 3.8) is 0 Å². The standard InChI is InChI=1S/C15H12BrIN2/c1-2-9-3-6-13-14(7-9)19-15(18-13)11-8-10(16)4-5-12(11)17/h3-8H,2H2,1H3,(H,18,19). The van der Waals surface area contributed by atoms with Gasteiger partial charge in [-0.15, -0.1) is 0 Å². The molecule has 2 aromatic carbocycles. The largest absolute Gasteiger partial charge is 0.338 e. The summed E-state index contributed by atoms with van der Waals surface area (Å²) < 4.78 is 2.26. The third-order valence-corrected chi connectivity index (χ3v) is 4.57. The fraction of sp³-hybridized carbons (Fsp3) is 0.133. The molecular formula is C15H12BrIN2. The molecule has 2 nitrogen and oxygen atoms in total. The Labute approximate surface area is 133 Å². The van der Waals surface area contributed by atoms with Gasteiger partial charge in [-0.3, -0.25) is 0 Å². The third-order valence-electron chi connectivity index (χ3n) is 3.14. The van der Waals surface area contributed by atoms with E-state index in [0.717, 1.165) is 33.3 Å². The lowest BCUT2D eigenvalue weighted by molar-refractivity contribution is 1.14. The summed E-state index contributed by atoms with van der Waals surface area (Å²) in [5.41, 5.74) is 4.57. The number of nitrogens with one attached hydrogen (secondary N) is 1. The monoisotopic (exact) mass is 426 g/mol. The van der Waals surface area contributed by atoms with Gasteiger partial charge in [0.25, 0.3) is 0 Å². The van der Waals surface area contributed by atoms with Crippen LogP contribution in [0.15, 0.2) is 40.9 Å². The number of aromatic amines is 1. The Balaban J connectivity index is 2.17. The molecule has 0 radical (unpaired) electrons. The van der Waals surface area contributed by atoms with E-state index in [1.807, 2.05) is 6.07 Å². The Morgan fingerprint density at radius 1 is 1.21 bits per heavy atom. The number of hydrogen-bond acceptors (Lipinski definition) is 1. The number of hydrogen-bond donors (Lipinski definition) is 1. The molecule has 0 bridgehead atoms. The van der Waals surface area contributed by atoms with E-state index >= 15 is 0 Å². The van der Waals surface area contributed by atoms with E-state index in [4.69, 9.17) is 0 Å². The maximum Gasteiger partial charge on any atom is 0.139 e. The highest BCUT2D eigenvalue weighted by molar-refractivity contribution is 14.1. The Kier molecular flexibility index (Phi) is 3.62. The predicted molar refractivity (Wildman–Crippen MR) is 91.3 cm³/mol. The summed E-state index contributed by atoms with van der Waals surface area (Å²) in [5.74, 6) is 0.925. The molecule has 19 heavy (non-hydrogen) atoms. The number of imidazole rings is 1. The summed E-state index contributed by atoms with van der Waals surface area (Å²) in [7, 11) is 0. The number of halogens is 2. The van der Waals surface area contributed by atoms with Crippen molar-refractivity contribution >= 4 is 49.6 Å². The molecular weight excluding hydrogens is 415 g/mol. The van der Waals surface area contributed by atoms with Gasteiger partial charge in [-0.05, 0) is 64.9 Å². The van der Waals surface area contributed by atoms with E-state index in [1.165, 1.54) is 9.13 Å². The Morgan fingerprint density at radius 2 is 2.05 bits per heavy atom. The quantitative estimate of drug-likeness (QED) is 0.563. The van der Waals surface area contributed by atoms with Crippen molar-refractivity contribution in [2.45, 2.75) is 13.3 Å². The fourth-order valence-corrected chi connectivity index (χ4v) is 3.04. The van der Waals surface area contributed by atoms with Gasteiger partial charge in [0.15, 0.2) is 0 Å². The lowest BCUT2D eigenvalue weighted by atomic mass is 10.1. The molecule has 0 unspecified atom stereocenters. The van der Waals surface area contributed by atoms with E-state index in [2.05, 4.69) is 85.7 Å². The molecule has 1 aromatic heterocycles. The van der Waals surface area contributed by atoms with Crippen LogP contribution in [-0.2, 0) is 6.42 Å². The van der Waals surface area contributed by atoms with E-state index in [9.17, 15) is 0 Å². The second-order valence-electron chi connectivity index (χ2n) is 4.41. The van der Waals surface area contributed by atoms with Crippen molar-refractivity contribution in [2.75, 3.05) is 0 Å². The number of H-pyrrole nitrogens is 1. The molecule has 0 aliphatic heterocycles. The second kappa shape index (κ2) is 5.25. The predicted octanol–water partition coefficient (Wildman–Crippen LogP) is 5.16. The molecule has 3 rings (SSSR count). The van der Waals surface area contributed by atoms with Gasteiger partial charge in [-0.2, -0.15) is 0 Å². The highest BCUT2D eigenvalue weighted by atomic mass is 127. The van der Waals surface area contributed by atoms with Crippen LogP contribution in [0.25, 0.3) is 22.4 Å². The first kappa shape index (κ1) is 13.1. The second-order valence-corrected chi connectivity index (χ2v) is 6.49. The van der Waals surface area contributed by atoms with Crippen molar-refractivity contribution in [1.29, 1.82) is 0 Å². The van der Waals surface area contributed by atoms with Crippen LogP contribution in [0.2, 0.25) is 0 Å². The van der Waals surface area contributed by atoms with Crippen LogP contribution in [0.4, 0.5) is 0 Å². The summed E-state index contributed by atoms with van der Waals surface area (Å²) in [6, 6.07) is 12.6. The van der Waals surface area contributed by atoms with Crippen molar-refractivity contribution in [3.8, 4) is 11.4 Å². The third kappa shape index (κ3) is 2.56. The van der Waals surface area contributed by atoms with E-state index in [1.54, 1.807) is 0 Å². The van der Waals surface area contributed by atoms with Gasteiger partial charge in [0, 0.05) is 13.6 Å². The molecule has 0 aliphatic carbocycles. The fourth-order valence-electron chi connectivity index (χ4n) is 2.08. The zero-order valence-electron chi connectivity index (χ0n) is 10.4. The molecule has 0 spiro atoms. The van der Waals surface area contributed by atoms with Crippen LogP contribution in [0.3, 0.4) is 0 Å². The number of aryl methyl sites for hydroxylation is 1. The molecule has 1 N–H and O–H groups in total. The smallest absolute Gasteiger partial charge is 0.139 e. The molecule has 0 aliphatic rings. The summed E-state index contributed by atoms with van der Waals surface area (Å²) in [5, 5.41) is 0. The Morgan fingerprint density at radius 3 is 2.84 bits per heavy atom. The van der Waals surface area contributed by atoms with Crippen LogP contribution in [0, 0.1) is 3.57 Å². The highest BCUT2D eigenvalue weighted by Crippen LogP contribution is 2.28. The summed E-state index contributed by atoms with van der Waals surface area (Å²) in [4.78, 5) is 8.10. The van der Waals surface area contributed by atoms with Crippen LogP contribution < -0.4 is 0 Å².